The van der Waals surface area contributed by atoms with Crippen molar-refractivity contribution in [3.8, 4) is 0 Å². The van der Waals surface area contributed by atoms with E-state index in [4.69, 9.17) is 27.9 Å². The van der Waals surface area contributed by atoms with Crippen molar-refractivity contribution in [2.45, 2.75) is 13.0 Å². The number of rotatable bonds is 5. The molecule has 5 nitrogen and oxygen atoms in total. The van der Waals surface area contributed by atoms with Gasteiger partial charge in [-0.2, -0.15) is 0 Å². The molecule has 0 fully saturated rings. The van der Waals surface area contributed by atoms with Crippen LogP contribution in [-0.4, -0.2) is 32.4 Å². The molecule has 1 unspecified atom stereocenters. The second-order valence-electron chi connectivity index (χ2n) is 3.42. The van der Waals surface area contributed by atoms with Crippen LogP contribution in [-0.2, 0) is 14.8 Å². The Labute approximate surface area is 110 Å². The van der Waals surface area contributed by atoms with Crippen LogP contribution in [0.2, 0.25) is 10.2 Å². The summed E-state index contributed by atoms with van der Waals surface area (Å²) in [5.74, 6) is -0.174. The van der Waals surface area contributed by atoms with E-state index in [2.05, 4.69) is 9.71 Å². The van der Waals surface area contributed by atoms with Crippen molar-refractivity contribution in [3.05, 3.63) is 22.4 Å². The molecule has 0 saturated carbocycles. The zero-order valence-electron chi connectivity index (χ0n) is 9.28. The number of sulfonamides is 1. The van der Waals surface area contributed by atoms with Gasteiger partial charge >= 0.3 is 0 Å². The molecule has 17 heavy (non-hydrogen) atoms. The van der Waals surface area contributed by atoms with Crippen LogP contribution in [0.25, 0.3) is 0 Å². The zero-order valence-corrected chi connectivity index (χ0v) is 11.6. The maximum absolute atomic E-state index is 11.7. The minimum Gasteiger partial charge on any atom is -0.381 e. The highest BCUT2D eigenvalue weighted by atomic mass is 35.5. The number of methoxy groups -OCH3 is 1. The van der Waals surface area contributed by atoms with Crippen LogP contribution in [0.5, 0.6) is 0 Å². The summed E-state index contributed by atoms with van der Waals surface area (Å²) in [4.78, 5) is 3.74. The minimum absolute atomic E-state index is 0.0445. The highest BCUT2D eigenvalue weighted by molar-refractivity contribution is 7.92. The summed E-state index contributed by atoms with van der Waals surface area (Å²) in [6.45, 7) is 1.65. The molecular weight excluding hydrogens is 287 g/mol. The van der Waals surface area contributed by atoms with E-state index in [9.17, 15) is 8.42 Å². The number of pyridine rings is 1. The molecule has 0 aliphatic rings. The summed E-state index contributed by atoms with van der Waals surface area (Å²) in [5.41, 5.74) is 0.155. The molecule has 1 rings (SSSR count). The van der Waals surface area contributed by atoms with Crippen molar-refractivity contribution in [1.29, 1.82) is 0 Å². The molecule has 0 saturated heterocycles. The lowest BCUT2D eigenvalue weighted by molar-refractivity contribution is 0.136. The van der Waals surface area contributed by atoms with Crippen molar-refractivity contribution in [1.82, 2.24) is 4.98 Å². The number of hydrogen-bond acceptors (Lipinski definition) is 4. The Balaban J connectivity index is 2.86. The van der Waals surface area contributed by atoms with E-state index in [0.717, 1.165) is 0 Å². The summed E-state index contributed by atoms with van der Waals surface area (Å²) >= 11 is 11.4. The first-order chi connectivity index (χ1) is 7.84. The Morgan fingerprint density at radius 3 is 2.76 bits per heavy atom. The normalized spacial score (nSPS) is 13.4. The van der Waals surface area contributed by atoms with Crippen LogP contribution in [0.3, 0.4) is 0 Å². The molecule has 0 aromatic carbocycles. The van der Waals surface area contributed by atoms with Gasteiger partial charge in [0.1, 0.15) is 0 Å². The average Bonchev–Trinajstić information content (AvgIpc) is 2.22. The number of anilines is 1. The van der Waals surface area contributed by atoms with Gasteiger partial charge in [-0.15, -0.1) is 0 Å². The van der Waals surface area contributed by atoms with Crippen molar-refractivity contribution < 1.29 is 13.2 Å². The lowest BCUT2D eigenvalue weighted by Crippen LogP contribution is -2.25. The van der Waals surface area contributed by atoms with E-state index in [-0.39, 0.29) is 16.6 Å². The lowest BCUT2D eigenvalue weighted by atomic mass is 10.4. The highest BCUT2D eigenvalue weighted by Crippen LogP contribution is 2.23. The fraction of sp³-hybridized carbons (Fsp3) is 0.444. The van der Waals surface area contributed by atoms with Gasteiger partial charge in [0.05, 0.1) is 22.6 Å². The standard InChI is InChI=1S/C9H12Cl2N2O3S/c1-6(16-2)5-17(14,15)13-8-3-7(10)4-12-9(8)11/h3-4,6,13H,5H2,1-2H3. The molecule has 0 spiro atoms. The number of nitrogens with zero attached hydrogens (tertiary/aromatic N) is 1. The lowest BCUT2D eigenvalue weighted by Gasteiger charge is -2.12. The third kappa shape index (κ3) is 4.67. The Kier molecular flexibility index (Phi) is 5.00. The number of ether oxygens (including phenoxy) is 1. The summed E-state index contributed by atoms with van der Waals surface area (Å²) in [6.07, 6.45) is 0.915. The summed E-state index contributed by atoms with van der Waals surface area (Å²) < 4.78 is 30.6. The van der Waals surface area contributed by atoms with Gasteiger partial charge in [0, 0.05) is 13.3 Å². The van der Waals surface area contributed by atoms with Gasteiger partial charge in [-0.1, -0.05) is 23.2 Å². The smallest absolute Gasteiger partial charge is 0.235 e. The molecule has 1 heterocycles. The van der Waals surface area contributed by atoms with Crippen LogP contribution >= 0.6 is 23.2 Å². The minimum atomic E-state index is -3.54. The Bertz CT molecular complexity index is 493. The van der Waals surface area contributed by atoms with Gasteiger partial charge in [0.25, 0.3) is 0 Å². The molecule has 0 radical (unpaired) electrons. The average molecular weight is 299 g/mol. The molecule has 1 aromatic rings. The van der Waals surface area contributed by atoms with E-state index >= 15 is 0 Å². The van der Waals surface area contributed by atoms with Gasteiger partial charge in [-0.05, 0) is 13.0 Å². The van der Waals surface area contributed by atoms with Crippen molar-refractivity contribution in [3.63, 3.8) is 0 Å². The number of halogens is 2. The fourth-order valence-corrected chi connectivity index (χ4v) is 2.77. The fourth-order valence-electron chi connectivity index (χ4n) is 1.08. The molecule has 0 bridgehead atoms. The number of nitrogens with one attached hydrogen (secondary N) is 1. The third-order valence-corrected chi connectivity index (χ3v) is 3.87. The Morgan fingerprint density at radius 2 is 2.18 bits per heavy atom. The monoisotopic (exact) mass is 298 g/mol. The summed E-state index contributed by atoms with van der Waals surface area (Å²) in [7, 11) is -2.10. The first-order valence-corrected chi connectivity index (χ1v) is 7.09. The van der Waals surface area contributed by atoms with E-state index in [1.807, 2.05) is 0 Å². The first kappa shape index (κ1) is 14.5. The molecule has 1 atom stereocenters. The van der Waals surface area contributed by atoms with Crippen molar-refractivity contribution >= 4 is 38.9 Å². The van der Waals surface area contributed by atoms with Gasteiger partial charge in [0.2, 0.25) is 10.0 Å². The van der Waals surface area contributed by atoms with Crippen LogP contribution in [0.15, 0.2) is 12.3 Å². The summed E-state index contributed by atoms with van der Waals surface area (Å²) in [5, 5.41) is 0.343. The van der Waals surface area contributed by atoms with E-state index in [1.54, 1.807) is 6.92 Å². The molecule has 1 aromatic heterocycles. The maximum Gasteiger partial charge on any atom is 0.235 e. The van der Waals surface area contributed by atoms with Crippen LogP contribution in [0, 0.1) is 0 Å². The van der Waals surface area contributed by atoms with E-state index in [1.165, 1.54) is 19.4 Å². The van der Waals surface area contributed by atoms with Crippen LogP contribution < -0.4 is 4.72 Å². The highest BCUT2D eigenvalue weighted by Gasteiger charge is 2.17. The van der Waals surface area contributed by atoms with Gasteiger partial charge in [0.15, 0.2) is 5.15 Å². The Morgan fingerprint density at radius 1 is 1.53 bits per heavy atom. The van der Waals surface area contributed by atoms with Gasteiger partial charge in [-0.25, -0.2) is 13.4 Å². The second-order valence-corrected chi connectivity index (χ2v) is 5.98. The molecular formula is C9H12Cl2N2O3S. The maximum atomic E-state index is 11.7. The van der Waals surface area contributed by atoms with Crippen molar-refractivity contribution in [2.24, 2.45) is 0 Å². The number of aromatic nitrogens is 1. The third-order valence-electron chi connectivity index (χ3n) is 1.93. The molecule has 0 amide bonds. The van der Waals surface area contributed by atoms with Crippen LogP contribution in [0.4, 0.5) is 5.69 Å². The quantitative estimate of drug-likeness (QED) is 0.846. The second kappa shape index (κ2) is 5.86. The molecule has 0 aliphatic carbocycles. The largest absolute Gasteiger partial charge is 0.381 e. The van der Waals surface area contributed by atoms with Gasteiger partial charge < -0.3 is 4.74 Å². The predicted octanol–water partition coefficient (Wildman–Crippen LogP) is 2.17. The molecule has 1 N–H and O–H groups in total. The summed E-state index contributed by atoms with van der Waals surface area (Å²) in [6, 6.07) is 1.39. The molecule has 8 heteroatoms. The predicted molar refractivity (Wildman–Crippen MR) is 68.1 cm³/mol. The molecule has 96 valence electrons. The van der Waals surface area contributed by atoms with Crippen molar-refractivity contribution in [2.75, 3.05) is 17.6 Å². The van der Waals surface area contributed by atoms with E-state index in [0.29, 0.717) is 5.02 Å². The first-order valence-electron chi connectivity index (χ1n) is 4.68. The topological polar surface area (TPSA) is 68.3 Å². The Hall–Kier alpha value is -0.560. The van der Waals surface area contributed by atoms with Crippen LogP contribution in [0.1, 0.15) is 6.92 Å². The zero-order chi connectivity index (χ0) is 13.1. The van der Waals surface area contributed by atoms with Gasteiger partial charge in [-0.3, -0.25) is 4.72 Å². The van der Waals surface area contributed by atoms with E-state index < -0.39 is 16.1 Å². The number of hydrogen-bond donors (Lipinski definition) is 1. The SMILES string of the molecule is COC(C)CS(=O)(=O)Nc1cc(Cl)cnc1Cl. The molecule has 0 aliphatic heterocycles.